The van der Waals surface area contributed by atoms with Crippen LogP contribution in [0.2, 0.25) is 0 Å². The molecule has 32 heavy (non-hydrogen) atoms. The number of rotatable bonds is 8. The zero-order chi connectivity index (χ0) is 22.5. The predicted octanol–water partition coefficient (Wildman–Crippen LogP) is 3.26. The van der Waals surface area contributed by atoms with Crippen molar-refractivity contribution >= 4 is 11.7 Å². The number of hydrogen-bond acceptors (Lipinski definition) is 6. The van der Waals surface area contributed by atoms with Crippen LogP contribution in [-0.4, -0.2) is 86.2 Å². The maximum atomic E-state index is 12.5. The zero-order valence-corrected chi connectivity index (χ0v) is 20.3. The number of ether oxygens (including phenoxy) is 1. The fraction of sp³-hybridized carbons (Fsp3) is 0.800. The Morgan fingerprint density at radius 3 is 2.50 bits per heavy atom. The average molecular weight is 444 g/mol. The van der Waals surface area contributed by atoms with Gasteiger partial charge in [-0.1, -0.05) is 19.3 Å². The molecule has 4 rings (SSSR count). The molecule has 1 atom stereocenters. The third kappa shape index (κ3) is 5.79. The lowest BCUT2D eigenvalue weighted by atomic mass is 9.87. The first-order chi connectivity index (χ1) is 15.5. The largest absolute Gasteiger partial charge is 0.383 e. The summed E-state index contributed by atoms with van der Waals surface area (Å²) in [5.41, 5.74) is 1.02. The monoisotopic (exact) mass is 443 g/mol. The summed E-state index contributed by atoms with van der Waals surface area (Å²) in [6, 6.07) is 2.08. The number of likely N-dealkylation sites (tertiary alicyclic amines) is 2. The number of aromatic nitrogens is 2. The highest BCUT2D eigenvalue weighted by Crippen LogP contribution is 2.33. The van der Waals surface area contributed by atoms with Gasteiger partial charge in [0.1, 0.15) is 11.6 Å². The minimum Gasteiger partial charge on any atom is -0.383 e. The van der Waals surface area contributed by atoms with E-state index in [1.807, 2.05) is 19.0 Å². The fourth-order valence-corrected chi connectivity index (χ4v) is 5.59. The molecule has 0 spiro atoms. The van der Waals surface area contributed by atoms with Crippen LogP contribution in [0.4, 0.5) is 5.82 Å². The second kappa shape index (κ2) is 10.9. The molecule has 0 unspecified atom stereocenters. The molecular weight excluding hydrogens is 402 g/mol. The first-order valence-corrected chi connectivity index (χ1v) is 12.6. The van der Waals surface area contributed by atoms with E-state index < -0.39 is 0 Å². The molecule has 1 saturated carbocycles. The van der Waals surface area contributed by atoms with Crippen LogP contribution in [0.1, 0.15) is 74.7 Å². The van der Waals surface area contributed by atoms with Crippen molar-refractivity contribution < 1.29 is 9.53 Å². The standard InChI is InChI=1S/C25H41N5O2/c1-28(2)23-16-22(21-15-24(31)30(18-21)13-14-32-3)26-25(27-23)20-9-11-29(12-10-20)17-19-7-5-4-6-8-19/h16,19-21H,4-15,17-18H2,1-3H3/t21-/m0/s1. The van der Waals surface area contributed by atoms with Gasteiger partial charge in [0, 0.05) is 65.2 Å². The summed E-state index contributed by atoms with van der Waals surface area (Å²) in [5.74, 6) is 3.60. The van der Waals surface area contributed by atoms with Crippen LogP contribution >= 0.6 is 0 Å². The van der Waals surface area contributed by atoms with E-state index in [9.17, 15) is 4.79 Å². The number of carbonyl (C=O) groups is 1. The molecule has 1 aromatic rings. The predicted molar refractivity (Wildman–Crippen MR) is 127 cm³/mol. The molecule has 0 N–H and O–H groups in total. The molecule has 2 aliphatic heterocycles. The van der Waals surface area contributed by atoms with Crippen LogP contribution in [0.15, 0.2) is 6.07 Å². The van der Waals surface area contributed by atoms with Gasteiger partial charge in [-0.25, -0.2) is 9.97 Å². The molecule has 1 aromatic heterocycles. The fourth-order valence-electron chi connectivity index (χ4n) is 5.59. The van der Waals surface area contributed by atoms with Gasteiger partial charge in [-0.3, -0.25) is 4.79 Å². The lowest BCUT2D eigenvalue weighted by molar-refractivity contribution is -0.128. The van der Waals surface area contributed by atoms with Gasteiger partial charge in [-0.2, -0.15) is 0 Å². The molecule has 0 aromatic carbocycles. The molecule has 3 heterocycles. The van der Waals surface area contributed by atoms with Crippen molar-refractivity contribution in [3.63, 3.8) is 0 Å². The minimum atomic E-state index is 0.145. The van der Waals surface area contributed by atoms with Gasteiger partial charge in [-0.05, 0) is 44.7 Å². The van der Waals surface area contributed by atoms with Crippen LogP contribution in [0.25, 0.3) is 0 Å². The summed E-state index contributed by atoms with van der Waals surface area (Å²) in [7, 11) is 5.75. The minimum absolute atomic E-state index is 0.145. The Morgan fingerprint density at radius 1 is 1.06 bits per heavy atom. The Morgan fingerprint density at radius 2 is 1.81 bits per heavy atom. The van der Waals surface area contributed by atoms with E-state index in [1.165, 1.54) is 38.6 Å². The smallest absolute Gasteiger partial charge is 0.223 e. The van der Waals surface area contributed by atoms with Crippen molar-refractivity contribution in [3.05, 3.63) is 17.6 Å². The number of hydrogen-bond donors (Lipinski definition) is 0. The van der Waals surface area contributed by atoms with Crippen LogP contribution in [0.3, 0.4) is 0 Å². The van der Waals surface area contributed by atoms with Crippen LogP contribution in [-0.2, 0) is 9.53 Å². The molecule has 178 valence electrons. The number of anilines is 1. The third-order valence-corrected chi connectivity index (χ3v) is 7.60. The van der Waals surface area contributed by atoms with Gasteiger partial charge < -0.3 is 19.4 Å². The van der Waals surface area contributed by atoms with Gasteiger partial charge in [0.25, 0.3) is 0 Å². The van der Waals surface area contributed by atoms with Crippen molar-refractivity contribution in [1.82, 2.24) is 19.8 Å². The number of piperidine rings is 1. The first-order valence-electron chi connectivity index (χ1n) is 12.6. The Hall–Kier alpha value is -1.73. The second-order valence-electron chi connectivity index (χ2n) is 10.2. The molecule has 3 fully saturated rings. The Balaban J connectivity index is 1.41. The summed E-state index contributed by atoms with van der Waals surface area (Å²) in [6.45, 7) is 5.54. The molecule has 0 radical (unpaired) electrons. The number of methoxy groups -OCH3 is 1. The average Bonchev–Trinajstić information content (AvgIpc) is 3.19. The number of nitrogens with zero attached hydrogens (tertiary/aromatic N) is 5. The first kappa shape index (κ1) is 23.4. The SMILES string of the molecule is COCCN1C[C@@H](c2cc(N(C)C)nc(C3CCN(CC4CCCCC4)CC3)n2)CC1=O. The van der Waals surface area contributed by atoms with E-state index in [0.29, 0.717) is 25.5 Å². The number of carbonyl (C=O) groups excluding carboxylic acids is 1. The highest BCUT2D eigenvalue weighted by atomic mass is 16.5. The van der Waals surface area contributed by atoms with Crippen LogP contribution in [0, 0.1) is 5.92 Å². The van der Waals surface area contributed by atoms with Crippen molar-refractivity contribution in [2.75, 3.05) is 65.4 Å². The summed E-state index contributed by atoms with van der Waals surface area (Å²) in [5, 5.41) is 0. The Bertz CT molecular complexity index is 757. The summed E-state index contributed by atoms with van der Waals surface area (Å²) in [6.07, 6.45) is 9.89. The van der Waals surface area contributed by atoms with Crippen molar-refractivity contribution in [1.29, 1.82) is 0 Å². The van der Waals surface area contributed by atoms with Gasteiger partial charge >= 0.3 is 0 Å². The summed E-state index contributed by atoms with van der Waals surface area (Å²) >= 11 is 0. The lowest BCUT2D eigenvalue weighted by Crippen LogP contribution is -2.37. The maximum Gasteiger partial charge on any atom is 0.223 e. The van der Waals surface area contributed by atoms with Crippen molar-refractivity contribution in [3.8, 4) is 0 Å². The molecular formula is C25H41N5O2. The molecule has 7 nitrogen and oxygen atoms in total. The van der Waals surface area contributed by atoms with Gasteiger partial charge in [-0.15, -0.1) is 0 Å². The normalized spacial score (nSPS) is 23.8. The molecule has 2 saturated heterocycles. The second-order valence-corrected chi connectivity index (χ2v) is 10.2. The molecule has 3 aliphatic rings. The van der Waals surface area contributed by atoms with E-state index in [0.717, 1.165) is 55.7 Å². The van der Waals surface area contributed by atoms with Crippen molar-refractivity contribution in [2.24, 2.45) is 5.92 Å². The summed E-state index contributed by atoms with van der Waals surface area (Å²) < 4.78 is 5.17. The lowest BCUT2D eigenvalue weighted by Gasteiger charge is -2.35. The molecule has 0 bridgehead atoms. The van der Waals surface area contributed by atoms with E-state index in [-0.39, 0.29) is 11.8 Å². The van der Waals surface area contributed by atoms with E-state index in [2.05, 4.69) is 15.9 Å². The Kier molecular flexibility index (Phi) is 8.00. The molecule has 7 heteroatoms. The Labute approximate surface area is 193 Å². The van der Waals surface area contributed by atoms with Gasteiger partial charge in [0.2, 0.25) is 5.91 Å². The van der Waals surface area contributed by atoms with Gasteiger partial charge in [0.15, 0.2) is 0 Å². The highest BCUT2D eigenvalue weighted by molar-refractivity contribution is 5.79. The van der Waals surface area contributed by atoms with Crippen LogP contribution < -0.4 is 4.90 Å². The summed E-state index contributed by atoms with van der Waals surface area (Å²) in [4.78, 5) is 29.1. The molecule has 1 amide bonds. The third-order valence-electron chi connectivity index (χ3n) is 7.60. The number of amides is 1. The quantitative estimate of drug-likeness (QED) is 0.615. The van der Waals surface area contributed by atoms with Crippen molar-refractivity contribution in [2.45, 2.75) is 63.2 Å². The highest BCUT2D eigenvalue weighted by Gasteiger charge is 2.33. The van der Waals surface area contributed by atoms with Gasteiger partial charge in [0.05, 0.1) is 12.3 Å². The molecule has 1 aliphatic carbocycles. The van der Waals surface area contributed by atoms with Crippen LogP contribution in [0.5, 0.6) is 0 Å². The topological polar surface area (TPSA) is 61.8 Å². The van der Waals surface area contributed by atoms with E-state index in [4.69, 9.17) is 14.7 Å². The van der Waals surface area contributed by atoms with E-state index in [1.54, 1.807) is 7.11 Å². The maximum absolute atomic E-state index is 12.5. The zero-order valence-electron chi connectivity index (χ0n) is 20.3. The van der Waals surface area contributed by atoms with E-state index >= 15 is 0 Å².